The Hall–Kier alpha value is -2.26. The maximum Gasteiger partial charge on any atom is 0.169 e. The van der Waals surface area contributed by atoms with Gasteiger partial charge in [-0.25, -0.2) is 0 Å². The van der Waals surface area contributed by atoms with Crippen LogP contribution in [0.5, 0.6) is 5.75 Å². The average molecular weight is 265 g/mol. The third-order valence-electron chi connectivity index (χ3n) is 3.74. The lowest BCUT2D eigenvalue weighted by molar-refractivity contribution is 0.164. The van der Waals surface area contributed by atoms with Crippen molar-refractivity contribution < 1.29 is 9.15 Å². The van der Waals surface area contributed by atoms with E-state index in [4.69, 9.17) is 9.15 Å². The summed E-state index contributed by atoms with van der Waals surface area (Å²) in [6.07, 6.45) is 1.66. The Balaban J connectivity index is 1.73. The summed E-state index contributed by atoms with van der Waals surface area (Å²) < 4.78 is 11.8. The van der Waals surface area contributed by atoms with Gasteiger partial charge in [0.25, 0.3) is 0 Å². The minimum absolute atomic E-state index is 0.0699. The summed E-state index contributed by atoms with van der Waals surface area (Å²) in [5.41, 5.74) is 1.18. The van der Waals surface area contributed by atoms with Crippen molar-refractivity contribution in [2.45, 2.75) is 12.6 Å². The highest BCUT2D eigenvalue weighted by molar-refractivity contribution is 5.88. The van der Waals surface area contributed by atoms with Gasteiger partial charge >= 0.3 is 0 Å². The molecule has 20 heavy (non-hydrogen) atoms. The summed E-state index contributed by atoms with van der Waals surface area (Å²) in [6.45, 7) is 1.62. The fourth-order valence-electron chi connectivity index (χ4n) is 2.75. The van der Waals surface area contributed by atoms with E-state index in [0.717, 1.165) is 30.0 Å². The smallest absolute Gasteiger partial charge is 0.169 e. The molecule has 0 saturated heterocycles. The van der Waals surface area contributed by atoms with E-state index in [9.17, 15) is 0 Å². The molecule has 0 aliphatic carbocycles. The SMILES string of the molecule is c1ccc2c(OC3CNCc4ccoc43)cccc2c1. The van der Waals surface area contributed by atoms with E-state index >= 15 is 0 Å². The molecule has 3 aromatic rings. The second kappa shape index (κ2) is 4.69. The first-order valence-electron chi connectivity index (χ1n) is 6.83. The zero-order chi connectivity index (χ0) is 13.4. The van der Waals surface area contributed by atoms with Crippen LogP contribution in [-0.4, -0.2) is 6.54 Å². The first-order valence-corrected chi connectivity index (χ1v) is 6.83. The topological polar surface area (TPSA) is 34.4 Å². The second-order valence-corrected chi connectivity index (χ2v) is 5.02. The minimum atomic E-state index is -0.0699. The van der Waals surface area contributed by atoms with Gasteiger partial charge in [0.2, 0.25) is 0 Å². The summed E-state index contributed by atoms with van der Waals surface area (Å²) >= 11 is 0. The fraction of sp³-hybridized carbons (Fsp3) is 0.176. The molecule has 0 radical (unpaired) electrons. The van der Waals surface area contributed by atoms with Gasteiger partial charge in [-0.2, -0.15) is 0 Å². The Morgan fingerprint density at radius 2 is 1.95 bits per heavy atom. The van der Waals surface area contributed by atoms with Gasteiger partial charge in [0.1, 0.15) is 11.5 Å². The zero-order valence-electron chi connectivity index (χ0n) is 11.0. The average Bonchev–Trinajstić information content (AvgIpc) is 2.97. The number of ether oxygens (including phenoxy) is 1. The molecule has 2 aromatic carbocycles. The number of nitrogens with one attached hydrogen (secondary N) is 1. The Kier molecular flexibility index (Phi) is 2.71. The van der Waals surface area contributed by atoms with Crippen molar-refractivity contribution in [1.82, 2.24) is 5.32 Å². The van der Waals surface area contributed by atoms with Crippen LogP contribution in [0.15, 0.2) is 59.2 Å². The highest BCUT2D eigenvalue weighted by Gasteiger charge is 2.25. The predicted octanol–water partition coefficient (Wildman–Crippen LogP) is 3.66. The van der Waals surface area contributed by atoms with Crippen LogP contribution in [0.25, 0.3) is 10.8 Å². The zero-order valence-corrected chi connectivity index (χ0v) is 11.0. The van der Waals surface area contributed by atoms with Crippen LogP contribution in [-0.2, 0) is 6.54 Å². The van der Waals surface area contributed by atoms with Crippen LogP contribution in [0.4, 0.5) is 0 Å². The lowest BCUT2D eigenvalue weighted by atomic mass is 10.1. The van der Waals surface area contributed by atoms with Gasteiger partial charge in [-0.3, -0.25) is 0 Å². The maximum atomic E-state index is 6.20. The molecule has 1 aromatic heterocycles. The van der Waals surface area contributed by atoms with Gasteiger partial charge in [-0.15, -0.1) is 0 Å². The van der Waals surface area contributed by atoms with E-state index < -0.39 is 0 Å². The van der Waals surface area contributed by atoms with Gasteiger partial charge in [-0.1, -0.05) is 36.4 Å². The molecule has 1 unspecified atom stereocenters. The molecule has 1 aliphatic rings. The van der Waals surface area contributed by atoms with Crippen molar-refractivity contribution in [2.24, 2.45) is 0 Å². The molecule has 100 valence electrons. The van der Waals surface area contributed by atoms with Crippen LogP contribution < -0.4 is 10.1 Å². The van der Waals surface area contributed by atoms with Gasteiger partial charge < -0.3 is 14.5 Å². The number of hydrogen-bond acceptors (Lipinski definition) is 3. The van der Waals surface area contributed by atoms with Crippen molar-refractivity contribution in [3.63, 3.8) is 0 Å². The summed E-state index contributed by atoms with van der Waals surface area (Å²) in [5, 5.41) is 5.68. The molecule has 0 spiro atoms. The molecule has 3 nitrogen and oxygen atoms in total. The number of rotatable bonds is 2. The second-order valence-electron chi connectivity index (χ2n) is 5.02. The van der Waals surface area contributed by atoms with Crippen LogP contribution in [0.3, 0.4) is 0 Å². The molecule has 4 rings (SSSR count). The largest absolute Gasteiger partial charge is 0.480 e. The minimum Gasteiger partial charge on any atom is -0.480 e. The number of furan rings is 1. The lowest BCUT2D eigenvalue weighted by Crippen LogP contribution is -2.30. The standard InChI is InChI=1S/C17H15NO2/c1-2-6-14-12(4-1)5-3-7-15(14)20-16-11-18-10-13-8-9-19-17(13)16/h1-9,16,18H,10-11H2. The fourth-order valence-corrected chi connectivity index (χ4v) is 2.75. The van der Waals surface area contributed by atoms with E-state index in [0.29, 0.717) is 0 Å². The summed E-state index contributed by atoms with van der Waals surface area (Å²) in [4.78, 5) is 0. The van der Waals surface area contributed by atoms with E-state index in [1.807, 2.05) is 30.3 Å². The monoisotopic (exact) mass is 265 g/mol. The van der Waals surface area contributed by atoms with Crippen molar-refractivity contribution in [2.75, 3.05) is 6.54 Å². The van der Waals surface area contributed by atoms with E-state index in [1.165, 1.54) is 10.9 Å². The normalized spacial score (nSPS) is 17.9. The Labute approximate surface area is 117 Å². The molecule has 0 bridgehead atoms. The van der Waals surface area contributed by atoms with Gasteiger partial charge in [0.15, 0.2) is 6.10 Å². The van der Waals surface area contributed by atoms with E-state index in [-0.39, 0.29) is 6.10 Å². The van der Waals surface area contributed by atoms with Crippen LogP contribution in [0.2, 0.25) is 0 Å². The summed E-state index contributed by atoms with van der Waals surface area (Å²) in [6, 6.07) is 16.4. The highest BCUT2D eigenvalue weighted by atomic mass is 16.5. The van der Waals surface area contributed by atoms with Crippen LogP contribution in [0, 0.1) is 0 Å². The molecule has 0 fully saturated rings. The van der Waals surface area contributed by atoms with E-state index in [2.05, 4.69) is 23.5 Å². The quantitative estimate of drug-likeness (QED) is 0.768. The van der Waals surface area contributed by atoms with Crippen molar-refractivity contribution >= 4 is 10.8 Å². The number of benzene rings is 2. The summed E-state index contributed by atoms with van der Waals surface area (Å²) in [7, 11) is 0. The molecule has 1 N–H and O–H groups in total. The van der Waals surface area contributed by atoms with Gasteiger partial charge in [-0.05, 0) is 17.5 Å². The maximum absolute atomic E-state index is 6.20. The molecular weight excluding hydrogens is 250 g/mol. The van der Waals surface area contributed by atoms with Gasteiger partial charge in [0, 0.05) is 24.0 Å². The molecule has 0 amide bonds. The van der Waals surface area contributed by atoms with Crippen molar-refractivity contribution in [1.29, 1.82) is 0 Å². The van der Waals surface area contributed by atoms with Crippen LogP contribution in [0.1, 0.15) is 17.4 Å². The number of fused-ring (bicyclic) bond motifs is 2. The lowest BCUT2D eigenvalue weighted by Gasteiger charge is -2.23. The molecule has 1 atom stereocenters. The third kappa shape index (κ3) is 1.87. The Morgan fingerprint density at radius 1 is 1.05 bits per heavy atom. The first-order chi connectivity index (χ1) is 9.92. The highest BCUT2D eigenvalue weighted by Crippen LogP contribution is 2.32. The molecule has 1 aliphatic heterocycles. The Bertz CT molecular complexity index is 742. The molecule has 3 heteroatoms. The molecule has 2 heterocycles. The molecular formula is C17H15NO2. The summed E-state index contributed by atoms with van der Waals surface area (Å²) in [5.74, 6) is 1.84. The number of hydrogen-bond donors (Lipinski definition) is 1. The van der Waals surface area contributed by atoms with Crippen molar-refractivity contribution in [3.05, 3.63) is 66.1 Å². The molecule has 0 saturated carbocycles. The van der Waals surface area contributed by atoms with Gasteiger partial charge in [0.05, 0.1) is 6.26 Å². The van der Waals surface area contributed by atoms with Crippen molar-refractivity contribution in [3.8, 4) is 5.75 Å². The first kappa shape index (κ1) is 11.6. The van der Waals surface area contributed by atoms with Crippen LogP contribution >= 0.6 is 0 Å². The van der Waals surface area contributed by atoms with E-state index in [1.54, 1.807) is 6.26 Å². The Morgan fingerprint density at radius 3 is 2.95 bits per heavy atom. The third-order valence-corrected chi connectivity index (χ3v) is 3.74. The predicted molar refractivity (Wildman–Crippen MR) is 77.7 cm³/mol.